The number of aryl methyl sites for hydroxylation is 1. The number of carbonyl (C=O) groups is 2. The lowest BCUT2D eigenvalue weighted by Gasteiger charge is -2.11. The van der Waals surface area contributed by atoms with Crippen molar-refractivity contribution < 1.29 is 14.3 Å². The second-order valence-electron chi connectivity index (χ2n) is 5.93. The van der Waals surface area contributed by atoms with Gasteiger partial charge in [-0.05, 0) is 30.2 Å². The van der Waals surface area contributed by atoms with Crippen LogP contribution in [0, 0.1) is 5.92 Å². The summed E-state index contributed by atoms with van der Waals surface area (Å²) in [6.07, 6.45) is 1.43. The average molecular weight is 365 g/mol. The molecule has 25 heavy (non-hydrogen) atoms. The first-order valence-electron chi connectivity index (χ1n) is 7.85. The standard InChI is InChI=1S/C17H21ClN4O3/c1-11(2)8-19-17(24)16-14(9-20-22(16)3)21-15(23)10-25-13-6-4-12(18)5-7-13/h4-7,9,11H,8,10H2,1-3H3,(H,19,24)(H,21,23). The van der Waals surface area contributed by atoms with Crippen LogP contribution in [0.1, 0.15) is 24.3 Å². The smallest absolute Gasteiger partial charge is 0.271 e. The molecule has 2 rings (SSSR count). The molecule has 0 aliphatic rings. The van der Waals surface area contributed by atoms with E-state index in [1.165, 1.54) is 10.9 Å². The molecule has 1 heterocycles. The maximum atomic E-state index is 12.3. The third-order valence-corrected chi connectivity index (χ3v) is 3.53. The molecular formula is C17H21ClN4O3. The highest BCUT2D eigenvalue weighted by Crippen LogP contribution is 2.16. The Morgan fingerprint density at radius 1 is 1.28 bits per heavy atom. The van der Waals surface area contributed by atoms with Crippen LogP contribution in [0.3, 0.4) is 0 Å². The molecule has 7 nitrogen and oxygen atoms in total. The van der Waals surface area contributed by atoms with E-state index in [-0.39, 0.29) is 18.4 Å². The summed E-state index contributed by atoms with van der Waals surface area (Å²) in [6, 6.07) is 6.69. The van der Waals surface area contributed by atoms with Crippen LogP contribution in [0.15, 0.2) is 30.5 Å². The van der Waals surface area contributed by atoms with Gasteiger partial charge in [-0.15, -0.1) is 0 Å². The predicted octanol–water partition coefficient (Wildman–Crippen LogP) is 2.48. The Hall–Kier alpha value is -2.54. The van der Waals surface area contributed by atoms with E-state index in [1.54, 1.807) is 31.3 Å². The summed E-state index contributed by atoms with van der Waals surface area (Å²) in [4.78, 5) is 24.3. The Labute approximate surface area is 151 Å². The molecule has 8 heteroatoms. The molecule has 0 unspecified atom stereocenters. The van der Waals surface area contributed by atoms with Crippen molar-refractivity contribution in [2.24, 2.45) is 13.0 Å². The van der Waals surface area contributed by atoms with E-state index in [4.69, 9.17) is 16.3 Å². The van der Waals surface area contributed by atoms with Gasteiger partial charge in [-0.25, -0.2) is 0 Å². The lowest BCUT2D eigenvalue weighted by Crippen LogP contribution is -2.30. The molecule has 0 aliphatic heterocycles. The van der Waals surface area contributed by atoms with Crippen molar-refractivity contribution in [2.45, 2.75) is 13.8 Å². The van der Waals surface area contributed by atoms with Gasteiger partial charge in [-0.3, -0.25) is 14.3 Å². The molecular weight excluding hydrogens is 344 g/mol. The molecule has 2 aromatic rings. The van der Waals surface area contributed by atoms with Crippen LogP contribution in [-0.2, 0) is 11.8 Å². The summed E-state index contributed by atoms with van der Waals surface area (Å²) in [5.41, 5.74) is 0.633. The second-order valence-corrected chi connectivity index (χ2v) is 6.36. The number of amides is 2. The first-order chi connectivity index (χ1) is 11.9. The molecule has 134 valence electrons. The predicted molar refractivity (Wildman–Crippen MR) is 96.0 cm³/mol. The lowest BCUT2D eigenvalue weighted by atomic mass is 10.2. The molecule has 0 saturated heterocycles. The molecule has 0 radical (unpaired) electrons. The Morgan fingerprint density at radius 3 is 2.60 bits per heavy atom. The molecule has 2 amide bonds. The highest BCUT2D eigenvalue weighted by Gasteiger charge is 2.18. The fourth-order valence-corrected chi connectivity index (χ4v) is 2.17. The fourth-order valence-electron chi connectivity index (χ4n) is 2.04. The number of ether oxygens (including phenoxy) is 1. The van der Waals surface area contributed by atoms with Gasteiger partial charge in [0, 0.05) is 18.6 Å². The second kappa shape index (κ2) is 8.53. The van der Waals surface area contributed by atoms with E-state index < -0.39 is 0 Å². The minimum absolute atomic E-state index is 0.191. The first-order valence-corrected chi connectivity index (χ1v) is 8.23. The van der Waals surface area contributed by atoms with Gasteiger partial charge in [0.25, 0.3) is 11.8 Å². The maximum Gasteiger partial charge on any atom is 0.271 e. The SMILES string of the molecule is CC(C)CNC(=O)c1c(NC(=O)COc2ccc(Cl)cc2)cnn1C. The minimum Gasteiger partial charge on any atom is -0.484 e. The summed E-state index contributed by atoms with van der Waals surface area (Å²) in [7, 11) is 1.64. The number of nitrogens with zero attached hydrogens (tertiary/aromatic N) is 2. The Kier molecular flexibility index (Phi) is 6.41. The van der Waals surface area contributed by atoms with Gasteiger partial charge in [-0.1, -0.05) is 25.4 Å². The number of hydrogen-bond acceptors (Lipinski definition) is 4. The van der Waals surface area contributed by atoms with Crippen molar-refractivity contribution in [1.29, 1.82) is 0 Å². The number of carbonyl (C=O) groups excluding carboxylic acids is 2. The number of halogens is 1. The van der Waals surface area contributed by atoms with Crippen LogP contribution >= 0.6 is 11.6 Å². The van der Waals surface area contributed by atoms with Crippen LogP contribution in [0.5, 0.6) is 5.75 Å². The van der Waals surface area contributed by atoms with Crippen molar-refractivity contribution >= 4 is 29.1 Å². The molecule has 0 atom stereocenters. The minimum atomic E-state index is -0.388. The highest BCUT2D eigenvalue weighted by atomic mass is 35.5. The van der Waals surface area contributed by atoms with Crippen LogP contribution in [0.2, 0.25) is 5.02 Å². The van der Waals surface area contributed by atoms with Gasteiger partial charge in [0.1, 0.15) is 11.4 Å². The van der Waals surface area contributed by atoms with Gasteiger partial charge in [0.2, 0.25) is 0 Å². The summed E-state index contributed by atoms with van der Waals surface area (Å²) in [5, 5.41) is 10.1. The van der Waals surface area contributed by atoms with E-state index in [0.717, 1.165) is 0 Å². The van der Waals surface area contributed by atoms with E-state index in [0.29, 0.717) is 34.6 Å². The van der Waals surface area contributed by atoms with Crippen molar-refractivity contribution in [1.82, 2.24) is 15.1 Å². The molecule has 0 aliphatic carbocycles. The van der Waals surface area contributed by atoms with E-state index >= 15 is 0 Å². The van der Waals surface area contributed by atoms with Crippen LogP contribution in [0.4, 0.5) is 5.69 Å². The topological polar surface area (TPSA) is 85.2 Å². The van der Waals surface area contributed by atoms with Crippen molar-refractivity contribution in [3.05, 3.63) is 41.2 Å². The van der Waals surface area contributed by atoms with E-state index in [2.05, 4.69) is 15.7 Å². The monoisotopic (exact) mass is 364 g/mol. The zero-order valence-electron chi connectivity index (χ0n) is 14.4. The van der Waals surface area contributed by atoms with Gasteiger partial charge in [-0.2, -0.15) is 5.10 Å². The summed E-state index contributed by atoms with van der Waals surface area (Å²) < 4.78 is 6.80. The van der Waals surface area contributed by atoms with Crippen molar-refractivity contribution in [3.63, 3.8) is 0 Å². The zero-order valence-corrected chi connectivity index (χ0v) is 15.1. The number of nitrogens with one attached hydrogen (secondary N) is 2. The summed E-state index contributed by atoms with van der Waals surface area (Å²) >= 11 is 5.79. The van der Waals surface area contributed by atoms with E-state index in [1.807, 2.05) is 13.8 Å². The Balaban J connectivity index is 1.96. The summed E-state index contributed by atoms with van der Waals surface area (Å²) in [6.45, 7) is 4.35. The summed E-state index contributed by atoms with van der Waals surface area (Å²) in [5.74, 6) is 0.173. The largest absolute Gasteiger partial charge is 0.484 e. The normalized spacial score (nSPS) is 10.6. The average Bonchev–Trinajstić information content (AvgIpc) is 2.92. The van der Waals surface area contributed by atoms with Crippen molar-refractivity contribution in [3.8, 4) is 5.75 Å². The number of anilines is 1. The third-order valence-electron chi connectivity index (χ3n) is 3.28. The van der Waals surface area contributed by atoms with Gasteiger partial charge >= 0.3 is 0 Å². The lowest BCUT2D eigenvalue weighted by molar-refractivity contribution is -0.118. The quantitative estimate of drug-likeness (QED) is 0.790. The number of rotatable bonds is 7. The van der Waals surface area contributed by atoms with Crippen LogP contribution in [-0.4, -0.2) is 34.7 Å². The van der Waals surface area contributed by atoms with Gasteiger partial charge in [0.05, 0.1) is 11.9 Å². The van der Waals surface area contributed by atoms with Crippen LogP contribution in [0.25, 0.3) is 0 Å². The molecule has 0 fully saturated rings. The van der Waals surface area contributed by atoms with Gasteiger partial charge in [0.15, 0.2) is 6.61 Å². The van der Waals surface area contributed by atoms with Crippen molar-refractivity contribution in [2.75, 3.05) is 18.5 Å². The van der Waals surface area contributed by atoms with Gasteiger partial charge < -0.3 is 15.4 Å². The highest BCUT2D eigenvalue weighted by molar-refractivity contribution is 6.30. The fraction of sp³-hybridized carbons (Fsp3) is 0.353. The van der Waals surface area contributed by atoms with E-state index in [9.17, 15) is 9.59 Å². The molecule has 0 saturated carbocycles. The molecule has 1 aromatic carbocycles. The zero-order chi connectivity index (χ0) is 18.4. The third kappa shape index (κ3) is 5.49. The molecule has 1 aromatic heterocycles. The number of aromatic nitrogens is 2. The molecule has 2 N–H and O–H groups in total. The first kappa shape index (κ1) is 18.8. The van der Waals surface area contributed by atoms with Crippen LogP contribution < -0.4 is 15.4 Å². The number of benzene rings is 1. The Morgan fingerprint density at radius 2 is 1.96 bits per heavy atom. The molecule has 0 bridgehead atoms. The maximum absolute atomic E-state index is 12.3. The molecule has 0 spiro atoms. The Bertz CT molecular complexity index is 741. The number of hydrogen-bond donors (Lipinski definition) is 2.